The molecule has 0 fully saturated rings. The SMILES string of the molecule is Cn1cc(C(=O)Nc2ccc(OCc3ccc(Cl)cc3)cc2)c(=O)n(C)c1=O. The van der Waals surface area contributed by atoms with Crippen LogP contribution >= 0.6 is 11.6 Å². The van der Waals surface area contributed by atoms with E-state index in [4.69, 9.17) is 16.3 Å². The summed E-state index contributed by atoms with van der Waals surface area (Å²) >= 11 is 5.85. The molecule has 28 heavy (non-hydrogen) atoms. The summed E-state index contributed by atoms with van der Waals surface area (Å²) in [5.74, 6) is 0.0389. The quantitative estimate of drug-likeness (QED) is 0.714. The number of nitrogens with one attached hydrogen (secondary N) is 1. The largest absolute Gasteiger partial charge is 0.489 e. The molecule has 8 heteroatoms. The van der Waals surface area contributed by atoms with Gasteiger partial charge in [0, 0.05) is 31.0 Å². The molecule has 0 saturated carbocycles. The second-order valence-electron chi connectivity index (χ2n) is 6.19. The Morgan fingerprint density at radius 1 is 1.04 bits per heavy atom. The fourth-order valence-corrected chi connectivity index (χ4v) is 2.67. The van der Waals surface area contributed by atoms with Gasteiger partial charge in [0.1, 0.15) is 17.9 Å². The Hall–Kier alpha value is -3.32. The van der Waals surface area contributed by atoms with E-state index in [0.717, 1.165) is 10.1 Å². The molecule has 3 rings (SSSR count). The number of amides is 1. The molecule has 1 heterocycles. The fourth-order valence-electron chi connectivity index (χ4n) is 2.54. The zero-order valence-corrected chi connectivity index (χ0v) is 16.1. The van der Waals surface area contributed by atoms with Crippen molar-refractivity contribution in [1.82, 2.24) is 9.13 Å². The van der Waals surface area contributed by atoms with Crippen molar-refractivity contribution in [2.45, 2.75) is 6.61 Å². The van der Waals surface area contributed by atoms with Crippen LogP contribution < -0.4 is 21.3 Å². The van der Waals surface area contributed by atoms with Gasteiger partial charge >= 0.3 is 5.69 Å². The molecular weight excluding hydrogens is 382 g/mol. The van der Waals surface area contributed by atoms with E-state index in [1.54, 1.807) is 36.4 Å². The molecule has 1 amide bonds. The van der Waals surface area contributed by atoms with Gasteiger partial charge in [0.15, 0.2) is 0 Å². The molecule has 3 aromatic rings. The Bertz CT molecular complexity index is 1120. The van der Waals surface area contributed by atoms with Crippen LogP contribution in [0.2, 0.25) is 5.02 Å². The third-order valence-electron chi connectivity index (χ3n) is 4.12. The molecule has 0 spiro atoms. The van der Waals surface area contributed by atoms with Crippen LogP contribution in [0.3, 0.4) is 0 Å². The van der Waals surface area contributed by atoms with Gasteiger partial charge in [-0.05, 0) is 42.0 Å². The van der Waals surface area contributed by atoms with Gasteiger partial charge in [0.25, 0.3) is 11.5 Å². The van der Waals surface area contributed by atoms with E-state index in [0.29, 0.717) is 23.1 Å². The zero-order chi connectivity index (χ0) is 20.3. The van der Waals surface area contributed by atoms with Crippen molar-refractivity contribution in [2.24, 2.45) is 14.1 Å². The summed E-state index contributed by atoms with van der Waals surface area (Å²) < 4.78 is 7.77. The van der Waals surface area contributed by atoms with Crippen molar-refractivity contribution in [3.05, 3.63) is 91.7 Å². The molecule has 0 aliphatic carbocycles. The summed E-state index contributed by atoms with van der Waals surface area (Å²) in [5, 5.41) is 3.31. The van der Waals surface area contributed by atoms with Gasteiger partial charge in [-0.3, -0.25) is 14.2 Å². The minimum atomic E-state index is -0.650. The summed E-state index contributed by atoms with van der Waals surface area (Å²) in [5.41, 5.74) is 0.215. The number of halogens is 1. The number of nitrogens with zero attached hydrogens (tertiary/aromatic N) is 2. The Morgan fingerprint density at radius 2 is 1.68 bits per heavy atom. The topological polar surface area (TPSA) is 82.3 Å². The van der Waals surface area contributed by atoms with Crippen molar-refractivity contribution in [3.63, 3.8) is 0 Å². The highest BCUT2D eigenvalue weighted by Crippen LogP contribution is 2.18. The van der Waals surface area contributed by atoms with Crippen LogP contribution in [-0.4, -0.2) is 15.0 Å². The van der Waals surface area contributed by atoms with Gasteiger partial charge in [-0.25, -0.2) is 4.79 Å². The van der Waals surface area contributed by atoms with Crippen molar-refractivity contribution in [2.75, 3.05) is 5.32 Å². The van der Waals surface area contributed by atoms with Crippen LogP contribution in [0, 0.1) is 0 Å². The Labute approximate surface area is 165 Å². The van der Waals surface area contributed by atoms with E-state index >= 15 is 0 Å². The Morgan fingerprint density at radius 3 is 2.32 bits per heavy atom. The van der Waals surface area contributed by atoms with Crippen molar-refractivity contribution >= 4 is 23.2 Å². The standard InChI is InChI=1S/C20H18ClN3O4/c1-23-11-17(19(26)24(2)20(23)27)18(25)22-15-7-9-16(10-8-15)28-12-13-3-5-14(21)6-4-13/h3-11H,12H2,1-2H3,(H,22,25). The molecule has 0 aliphatic heterocycles. The number of hydrogen-bond acceptors (Lipinski definition) is 4. The van der Waals surface area contributed by atoms with Crippen LogP contribution in [-0.2, 0) is 20.7 Å². The average molecular weight is 400 g/mol. The lowest BCUT2D eigenvalue weighted by atomic mass is 10.2. The van der Waals surface area contributed by atoms with E-state index in [1.165, 1.54) is 24.9 Å². The molecule has 0 radical (unpaired) electrons. The number of carbonyl (C=O) groups excluding carboxylic acids is 1. The summed E-state index contributed by atoms with van der Waals surface area (Å²) in [7, 11) is 2.81. The van der Waals surface area contributed by atoms with Crippen molar-refractivity contribution in [1.29, 1.82) is 0 Å². The minimum Gasteiger partial charge on any atom is -0.489 e. The number of carbonyl (C=O) groups is 1. The van der Waals surface area contributed by atoms with Crippen molar-refractivity contribution < 1.29 is 9.53 Å². The molecule has 0 unspecified atom stereocenters. The number of benzene rings is 2. The molecule has 0 aliphatic rings. The Balaban J connectivity index is 1.67. The lowest BCUT2D eigenvalue weighted by Gasteiger charge is -2.09. The maximum atomic E-state index is 12.4. The van der Waals surface area contributed by atoms with Gasteiger partial charge < -0.3 is 14.6 Å². The maximum absolute atomic E-state index is 12.4. The molecule has 0 saturated heterocycles. The number of hydrogen-bond donors (Lipinski definition) is 1. The number of rotatable bonds is 5. The molecule has 2 aromatic carbocycles. The lowest BCUT2D eigenvalue weighted by molar-refractivity contribution is 0.102. The van der Waals surface area contributed by atoms with Gasteiger partial charge in [0.05, 0.1) is 0 Å². The van der Waals surface area contributed by atoms with E-state index in [2.05, 4.69) is 5.32 Å². The summed E-state index contributed by atoms with van der Waals surface area (Å²) in [6, 6.07) is 14.1. The first-order valence-corrected chi connectivity index (χ1v) is 8.78. The zero-order valence-electron chi connectivity index (χ0n) is 15.3. The summed E-state index contributed by atoms with van der Waals surface area (Å²) in [4.78, 5) is 36.2. The second-order valence-corrected chi connectivity index (χ2v) is 6.63. The number of aryl methyl sites for hydroxylation is 1. The first-order chi connectivity index (χ1) is 13.3. The highest BCUT2D eigenvalue weighted by atomic mass is 35.5. The van der Waals surface area contributed by atoms with Crippen LogP contribution in [0.25, 0.3) is 0 Å². The van der Waals surface area contributed by atoms with Crippen LogP contribution in [0.1, 0.15) is 15.9 Å². The second kappa shape index (κ2) is 8.14. The molecule has 7 nitrogen and oxygen atoms in total. The van der Waals surface area contributed by atoms with Gasteiger partial charge in [-0.15, -0.1) is 0 Å². The summed E-state index contributed by atoms with van der Waals surface area (Å²) in [6.07, 6.45) is 1.23. The maximum Gasteiger partial charge on any atom is 0.330 e. The Kier molecular flexibility index (Phi) is 5.65. The minimum absolute atomic E-state index is 0.118. The van der Waals surface area contributed by atoms with E-state index in [9.17, 15) is 14.4 Å². The molecule has 0 bridgehead atoms. The summed E-state index contributed by atoms with van der Waals surface area (Å²) in [6.45, 7) is 0.386. The molecular formula is C20H18ClN3O4. The third kappa shape index (κ3) is 4.32. The number of aromatic nitrogens is 2. The van der Waals surface area contributed by atoms with Crippen LogP contribution in [0.15, 0.2) is 64.3 Å². The first kappa shape index (κ1) is 19.4. The van der Waals surface area contributed by atoms with E-state index in [-0.39, 0.29) is 5.56 Å². The smallest absolute Gasteiger partial charge is 0.330 e. The molecule has 1 aromatic heterocycles. The first-order valence-electron chi connectivity index (χ1n) is 8.40. The lowest BCUT2D eigenvalue weighted by Crippen LogP contribution is -2.40. The highest BCUT2D eigenvalue weighted by Gasteiger charge is 2.14. The number of ether oxygens (including phenoxy) is 1. The van der Waals surface area contributed by atoms with Gasteiger partial charge in [-0.1, -0.05) is 23.7 Å². The molecule has 1 N–H and O–H groups in total. The van der Waals surface area contributed by atoms with E-state index in [1.807, 2.05) is 12.1 Å². The number of anilines is 1. The van der Waals surface area contributed by atoms with Gasteiger partial charge in [0.2, 0.25) is 0 Å². The van der Waals surface area contributed by atoms with Gasteiger partial charge in [-0.2, -0.15) is 0 Å². The highest BCUT2D eigenvalue weighted by molar-refractivity contribution is 6.30. The monoisotopic (exact) mass is 399 g/mol. The van der Waals surface area contributed by atoms with Crippen LogP contribution in [0.5, 0.6) is 5.75 Å². The predicted octanol–water partition coefficient (Wildman–Crippen LogP) is 2.57. The van der Waals surface area contributed by atoms with E-state index < -0.39 is 17.2 Å². The fraction of sp³-hybridized carbons (Fsp3) is 0.150. The normalized spacial score (nSPS) is 10.5. The molecule has 0 atom stereocenters. The van der Waals surface area contributed by atoms with Crippen LogP contribution in [0.4, 0.5) is 5.69 Å². The average Bonchev–Trinajstić information content (AvgIpc) is 2.69. The van der Waals surface area contributed by atoms with Crippen molar-refractivity contribution in [3.8, 4) is 5.75 Å². The molecule has 144 valence electrons. The predicted molar refractivity (Wildman–Crippen MR) is 107 cm³/mol. The third-order valence-corrected chi connectivity index (χ3v) is 4.37.